The van der Waals surface area contributed by atoms with Gasteiger partial charge in [-0.15, -0.1) is 0 Å². The Morgan fingerprint density at radius 1 is 0.774 bits per heavy atom. The molecule has 0 unspecified atom stereocenters. The number of unbranched alkanes of at least 4 members (excludes halogenated alkanes) is 10. The Labute approximate surface area is 187 Å². The van der Waals surface area contributed by atoms with Crippen molar-refractivity contribution in [3.05, 3.63) is 48.0 Å². The summed E-state index contributed by atoms with van der Waals surface area (Å²) in [6.45, 7) is 2.24. The smallest absolute Gasteiger partial charge is 0.294 e. The van der Waals surface area contributed by atoms with Crippen molar-refractivity contribution >= 4 is 10.1 Å². The van der Waals surface area contributed by atoms with Crippen LogP contribution in [0.2, 0.25) is 0 Å². The van der Waals surface area contributed by atoms with Crippen molar-refractivity contribution in [2.75, 3.05) is 0 Å². The van der Waals surface area contributed by atoms with E-state index in [0.717, 1.165) is 19.3 Å². The third-order valence-corrected chi connectivity index (χ3v) is 6.31. The Hall–Kier alpha value is -2.05. The Morgan fingerprint density at radius 3 is 1.94 bits per heavy atom. The fraction of sp³-hybridized carbons (Fsp3) is 0.520. The molecule has 0 heterocycles. The molecular formula is C25H36O5S. The van der Waals surface area contributed by atoms with Gasteiger partial charge in [0.1, 0.15) is 5.75 Å². The fourth-order valence-corrected chi connectivity index (χ4v) is 4.18. The minimum absolute atomic E-state index is 0.0157. The molecule has 0 atom stereocenters. The van der Waals surface area contributed by atoms with Gasteiger partial charge in [0.15, 0.2) is 11.5 Å². The molecule has 0 aliphatic heterocycles. The predicted molar refractivity (Wildman–Crippen MR) is 125 cm³/mol. The summed E-state index contributed by atoms with van der Waals surface area (Å²) in [6.07, 6.45) is 14.2. The maximum Gasteiger partial charge on any atom is 0.294 e. The summed E-state index contributed by atoms with van der Waals surface area (Å²) in [5.41, 5.74) is 0.703. The molecule has 0 aliphatic carbocycles. The first-order chi connectivity index (χ1) is 14.9. The van der Waals surface area contributed by atoms with E-state index in [9.17, 15) is 18.1 Å². The molecule has 2 rings (SSSR count). The number of phenolic OH excluding ortho intramolecular Hbond substituents is 1. The Balaban J connectivity index is 1.86. The number of aryl methyl sites for hydroxylation is 1. The van der Waals surface area contributed by atoms with Gasteiger partial charge in [-0.05, 0) is 48.7 Å². The lowest BCUT2D eigenvalue weighted by Crippen LogP contribution is -2.01. The summed E-state index contributed by atoms with van der Waals surface area (Å²) in [4.78, 5) is -0.143. The van der Waals surface area contributed by atoms with E-state index >= 15 is 0 Å². The lowest BCUT2D eigenvalue weighted by Gasteiger charge is -2.13. The van der Waals surface area contributed by atoms with E-state index < -0.39 is 10.1 Å². The molecule has 0 fully saturated rings. The van der Waals surface area contributed by atoms with Crippen molar-refractivity contribution in [3.63, 3.8) is 0 Å². The summed E-state index contributed by atoms with van der Waals surface area (Å²) in [7, 11) is -4.28. The van der Waals surface area contributed by atoms with Gasteiger partial charge in [0, 0.05) is 0 Å². The maximum absolute atomic E-state index is 11.5. The molecule has 31 heavy (non-hydrogen) atoms. The monoisotopic (exact) mass is 448 g/mol. The molecule has 2 aromatic rings. The van der Waals surface area contributed by atoms with Crippen molar-refractivity contribution in [3.8, 4) is 17.2 Å². The zero-order valence-electron chi connectivity index (χ0n) is 18.6. The van der Waals surface area contributed by atoms with Gasteiger partial charge in [0.2, 0.25) is 0 Å². The minimum atomic E-state index is -4.28. The summed E-state index contributed by atoms with van der Waals surface area (Å²) in [5, 5.41) is 9.96. The maximum atomic E-state index is 11.5. The third kappa shape index (κ3) is 9.32. The van der Waals surface area contributed by atoms with Gasteiger partial charge in [0.25, 0.3) is 10.1 Å². The van der Waals surface area contributed by atoms with E-state index in [2.05, 4.69) is 6.92 Å². The highest BCUT2D eigenvalue weighted by Crippen LogP contribution is 2.33. The number of ether oxygens (including phenoxy) is 1. The zero-order valence-corrected chi connectivity index (χ0v) is 19.4. The second-order valence-corrected chi connectivity index (χ2v) is 9.52. The largest absolute Gasteiger partial charge is 0.504 e. The van der Waals surface area contributed by atoms with E-state index in [-0.39, 0.29) is 10.6 Å². The minimum Gasteiger partial charge on any atom is -0.504 e. The van der Waals surface area contributed by atoms with Crippen LogP contribution < -0.4 is 4.74 Å². The van der Waals surface area contributed by atoms with Gasteiger partial charge in [-0.3, -0.25) is 4.55 Å². The average molecular weight is 449 g/mol. The lowest BCUT2D eigenvalue weighted by atomic mass is 10.0. The summed E-state index contributed by atoms with van der Waals surface area (Å²) >= 11 is 0. The Bertz CT molecular complexity index is 893. The number of phenols is 1. The molecule has 0 spiro atoms. The average Bonchev–Trinajstić information content (AvgIpc) is 2.73. The molecular weight excluding hydrogens is 412 g/mol. The van der Waals surface area contributed by atoms with Crippen LogP contribution in [0.3, 0.4) is 0 Å². The van der Waals surface area contributed by atoms with Crippen LogP contribution in [-0.4, -0.2) is 18.1 Å². The van der Waals surface area contributed by atoms with Crippen molar-refractivity contribution in [2.45, 2.75) is 88.9 Å². The first-order valence-electron chi connectivity index (χ1n) is 11.5. The molecule has 0 bridgehead atoms. The number of aromatic hydroxyl groups is 1. The summed E-state index contributed by atoms with van der Waals surface area (Å²) in [5.74, 6) is 0.810. The Kier molecular flexibility index (Phi) is 10.9. The van der Waals surface area contributed by atoms with Crippen LogP contribution in [0.1, 0.15) is 83.1 Å². The number of benzene rings is 2. The van der Waals surface area contributed by atoms with E-state index in [1.54, 1.807) is 18.2 Å². The molecule has 0 aliphatic rings. The van der Waals surface area contributed by atoms with Crippen LogP contribution in [0.4, 0.5) is 0 Å². The Morgan fingerprint density at radius 2 is 1.35 bits per heavy atom. The lowest BCUT2D eigenvalue weighted by molar-refractivity contribution is 0.408. The van der Waals surface area contributed by atoms with Crippen molar-refractivity contribution in [1.29, 1.82) is 0 Å². The summed E-state index contributed by atoms with van der Waals surface area (Å²) in [6, 6.07) is 10.9. The zero-order chi connectivity index (χ0) is 22.5. The van der Waals surface area contributed by atoms with Crippen LogP contribution in [0.15, 0.2) is 47.4 Å². The molecule has 172 valence electrons. The molecule has 0 radical (unpaired) electrons. The van der Waals surface area contributed by atoms with Gasteiger partial charge in [0.05, 0.1) is 4.90 Å². The van der Waals surface area contributed by atoms with Gasteiger partial charge in [-0.1, -0.05) is 83.3 Å². The predicted octanol–water partition coefficient (Wildman–Crippen LogP) is 7.28. The van der Waals surface area contributed by atoms with E-state index in [1.807, 2.05) is 0 Å². The number of rotatable bonds is 15. The van der Waals surface area contributed by atoms with Gasteiger partial charge in [-0.25, -0.2) is 0 Å². The molecule has 6 heteroatoms. The molecule has 2 N–H and O–H groups in total. The van der Waals surface area contributed by atoms with E-state index in [1.165, 1.54) is 75.6 Å². The molecule has 0 aromatic heterocycles. The van der Waals surface area contributed by atoms with E-state index in [4.69, 9.17) is 4.74 Å². The van der Waals surface area contributed by atoms with Crippen LogP contribution in [0.5, 0.6) is 17.2 Å². The van der Waals surface area contributed by atoms with Gasteiger partial charge >= 0.3 is 0 Å². The molecule has 5 nitrogen and oxygen atoms in total. The fourth-order valence-electron chi connectivity index (χ4n) is 3.65. The van der Waals surface area contributed by atoms with Crippen LogP contribution in [0, 0.1) is 0 Å². The topological polar surface area (TPSA) is 83.8 Å². The summed E-state index contributed by atoms with van der Waals surface area (Å²) < 4.78 is 38.3. The van der Waals surface area contributed by atoms with Crippen molar-refractivity contribution in [2.24, 2.45) is 0 Å². The molecule has 0 amide bonds. The molecule has 2 aromatic carbocycles. The number of hydrogen-bond acceptors (Lipinski definition) is 4. The van der Waals surface area contributed by atoms with Crippen molar-refractivity contribution in [1.82, 2.24) is 0 Å². The van der Waals surface area contributed by atoms with Crippen LogP contribution >= 0.6 is 0 Å². The first kappa shape index (κ1) is 25.2. The third-order valence-electron chi connectivity index (χ3n) is 5.46. The standard InChI is InChI=1S/C25H36O5S/c1-2-3-4-5-6-7-8-9-10-11-12-15-21-20-22(31(27,28)29)18-19-24(21)30-25-17-14-13-16-23(25)26/h13-14,16-20,26H,2-12,15H2,1H3,(H,27,28,29). The second-order valence-electron chi connectivity index (χ2n) is 8.10. The van der Waals surface area contributed by atoms with Crippen LogP contribution in [-0.2, 0) is 16.5 Å². The number of para-hydroxylation sites is 2. The van der Waals surface area contributed by atoms with Crippen molar-refractivity contribution < 1.29 is 22.8 Å². The van der Waals surface area contributed by atoms with Crippen LogP contribution in [0.25, 0.3) is 0 Å². The SMILES string of the molecule is CCCCCCCCCCCCCc1cc(S(=O)(=O)O)ccc1Oc1ccccc1O. The van der Waals surface area contributed by atoms with Gasteiger partial charge < -0.3 is 9.84 Å². The highest BCUT2D eigenvalue weighted by molar-refractivity contribution is 7.85. The molecule has 0 saturated heterocycles. The van der Waals surface area contributed by atoms with E-state index in [0.29, 0.717) is 23.5 Å². The highest BCUT2D eigenvalue weighted by atomic mass is 32.2. The highest BCUT2D eigenvalue weighted by Gasteiger charge is 2.15. The first-order valence-corrected chi connectivity index (χ1v) is 12.9. The number of hydrogen-bond donors (Lipinski definition) is 2. The quantitative estimate of drug-likeness (QED) is 0.221. The second kappa shape index (κ2) is 13.4. The molecule has 0 saturated carbocycles. The van der Waals surface area contributed by atoms with Gasteiger partial charge in [-0.2, -0.15) is 8.42 Å². The normalized spacial score (nSPS) is 11.5.